The maximum atomic E-state index is 6.09. The lowest BCUT2D eigenvalue weighted by Gasteiger charge is -2.36. The summed E-state index contributed by atoms with van der Waals surface area (Å²) >= 11 is 6.09. The molecule has 2 aromatic rings. The molecule has 0 amide bonds. The second-order valence-electron chi connectivity index (χ2n) is 5.53. The van der Waals surface area contributed by atoms with Gasteiger partial charge in [0.15, 0.2) is 5.65 Å². The predicted octanol–water partition coefficient (Wildman–Crippen LogP) is 2.34. The van der Waals surface area contributed by atoms with E-state index in [1.165, 1.54) is 0 Å². The molecule has 1 aliphatic heterocycles. The first kappa shape index (κ1) is 12.9. The van der Waals surface area contributed by atoms with Gasteiger partial charge in [-0.15, -0.1) is 11.6 Å². The third-order valence-corrected chi connectivity index (χ3v) is 4.19. The zero-order chi connectivity index (χ0) is 13.6. The number of ether oxygens (including phenoxy) is 1. The van der Waals surface area contributed by atoms with Crippen molar-refractivity contribution in [3.63, 3.8) is 0 Å². The van der Waals surface area contributed by atoms with Gasteiger partial charge >= 0.3 is 0 Å². The number of alkyl halides is 1. The summed E-state index contributed by atoms with van der Waals surface area (Å²) in [5.74, 6) is 1.31. The van der Waals surface area contributed by atoms with Gasteiger partial charge in [0.1, 0.15) is 11.3 Å². The first-order valence-electron chi connectivity index (χ1n) is 6.62. The number of fused-ring (bicyclic) bond motifs is 1. The molecule has 3 heterocycles. The van der Waals surface area contributed by atoms with Crippen LogP contribution in [-0.2, 0) is 23.2 Å². The Morgan fingerprint density at radius 2 is 2.26 bits per heavy atom. The average molecular weight is 283 g/mol. The van der Waals surface area contributed by atoms with Gasteiger partial charge in [0.25, 0.3) is 0 Å². The second-order valence-corrected chi connectivity index (χ2v) is 5.80. The van der Waals surface area contributed by atoms with E-state index in [1.54, 1.807) is 0 Å². The van der Waals surface area contributed by atoms with Crippen LogP contribution in [0.15, 0.2) is 0 Å². The monoisotopic (exact) mass is 282 g/mol. The number of imidazole rings is 1. The van der Waals surface area contributed by atoms with Crippen molar-refractivity contribution in [3.05, 3.63) is 11.5 Å². The minimum absolute atomic E-state index is 0.0859. The maximum absolute atomic E-state index is 6.09. The van der Waals surface area contributed by atoms with E-state index in [-0.39, 0.29) is 5.54 Å². The van der Waals surface area contributed by atoms with Gasteiger partial charge in [-0.1, -0.05) is 0 Å². The van der Waals surface area contributed by atoms with E-state index in [0.717, 1.165) is 42.1 Å². The quantitative estimate of drug-likeness (QED) is 0.794. The van der Waals surface area contributed by atoms with E-state index >= 15 is 0 Å². The molecule has 0 radical (unpaired) electrons. The largest absolute Gasteiger partial charge is 0.379 e. The van der Waals surface area contributed by atoms with Crippen molar-refractivity contribution in [2.75, 3.05) is 13.2 Å². The third kappa shape index (κ3) is 1.87. The molecule has 5 nitrogen and oxygen atoms in total. The van der Waals surface area contributed by atoms with E-state index in [9.17, 15) is 0 Å². The van der Waals surface area contributed by atoms with Crippen molar-refractivity contribution >= 4 is 22.8 Å². The molecule has 0 N–H and O–H groups in total. The fourth-order valence-electron chi connectivity index (χ4n) is 3.07. The van der Waals surface area contributed by atoms with Crippen LogP contribution >= 0.6 is 11.6 Å². The molecular formula is C13H19ClN4O. The van der Waals surface area contributed by atoms with Crippen molar-refractivity contribution in [3.8, 4) is 0 Å². The number of hydrogen-bond donors (Lipinski definition) is 0. The fourth-order valence-corrected chi connectivity index (χ4v) is 3.25. The molecule has 1 atom stereocenters. The smallest absolute Gasteiger partial charge is 0.159 e. The Kier molecular flexibility index (Phi) is 3.06. The van der Waals surface area contributed by atoms with Crippen LogP contribution in [0.4, 0.5) is 0 Å². The lowest BCUT2D eigenvalue weighted by molar-refractivity contribution is 0.00991. The normalized spacial score (nSPS) is 24.2. The van der Waals surface area contributed by atoms with Crippen LogP contribution in [0.1, 0.15) is 31.3 Å². The molecule has 3 rings (SSSR count). The predicted molar refractivity (Wildman–Crippen MR) is 74.5 cm³/mol. The molecule has 0 saturated carbocycles. The van der Waals surface area contributed by atoms with Gasteiger partial charge in [-0.3, -0.25) is 4.68 Å². The van der Waals surface area contributed by atoms with Crippen molar-refractivity contribution in [2.45, 2.75) is 38.1 Å². The Morgan fingerprint density at radius 1 is 1.47 bits per heavy atom. The van der Waals surface area contributed by atoms with Crippen LogP contribution in [0.3, 0.4) is 0 Å². The van der Waals surface area contributed by atoms with Crippen LogP contribution in [0.5, 0.6) is 0 Å². The lowest BCUT2D eigenvalue weighted by Crippen LogP contribution is -2.40. The highest BCUT2D eigenvalue weighted by Crippen LogP contribution is 2.33. The van der Waals surface area contributed by atoms with E-state index < -0.39 is 0 Å². The van der Waals surface area contributed by atoms with Crippen molar-refractivity contribution in [2.24, 2.45) is 7.05 Å². The van der Waals surface area contributed by atoms with Crippen LogP contribution < -0.4 is 0 Å². The molecule has 1 unspecified atom stereocenters. The molecule has 0 aromatic carbocycles. The van der Waals surface area contributed by atoms with Gasteiger partial charge in [0, 0.05) is 13.7 Å². The van der Waals surface area contributed by atoms with Crippen molar-refractivity contribution in [1.29, 1.82) is 0 Å². The van der Waals surface area contributed by atoms with Crippen molar-refractivity contribution in [1.82, 2.24) is 19.3 Å². The molecule has 0 spiro atoms. The topological polar surface area (TPSA) is 44.9 Å². The molecule has 6 heteroatoms. The lowest BCUT2D eigenvalue weighted by atomic mass is 9.94. The van der Waals surface area contributed by atoms with Crippen LogP contribution in [-0.4, -0.2) is 32.5 Å². The first-order valence-corrected chi connectivity index (χ1v) is 7.15. The van der Waals surface area contributed by atoms with Crippen LogP contribution in [0, 0.1) is 6.92 Å². The minimum atomic E-state index is -0.0859. The van der Waals surface area contributed by atoms with Gasteiger partial charge in [-0.05, 0) is 26.7 Å². The maximum Gasteiger partial charge on any atom is 0.159 e. The van der Waals surface area contributed by atoms with Gasteiger partial charge in [-0.25, -0.2) is 4.98 Å². The molecule has 104 valence electrons. The summed E-state index contributed by atoms with van der Waals surface area (Å²) in [5.41, 5.74) is 2.85. The number of halogens is 1. The highest BCUT2D eigenvalue weighted by molar-refractivity contribution is 6.16. The summed E-state index contributed by atoms with van der Waals surface area (Å²) in [6.07, 6.45) is 2.14. The zero-order valence-electron chi connectivity index (χ0n) is 11.6. The summed E-state index contributed by atoms with van der Waals surface area (Å²) in [5, 5.41) is 4.46. The van der Waals surface area contributed by atoms with Crippen molar-refractivity contribution < 1.29 is 4.74 Å². The van der Waals surface area contributed by atoms with Gasteiger partial charge in [0.05, 0.1) is 23.7 Å². The van der Waals surface area contributed by atoms with E-state index in [1.807, 2.05) is 18.7 Å². The molecule has 0 bridgehead atoms. The summed E-state index contributed by atoms with van der Waals surface area (Å²) in [7, 11) is 1.96. The third-order valence-electron chi connectivity index (χ3n) is 3.95. The van der Waals surface area contributed by atoms with E-state index in [0.29, 0.717) is 12.5 Å². The Bertz CT molecular complexity index is 610. The SMILES string of the molecule is Cc1nn(C)c2c1nc(CCl)n2C1(C)CCCOC1. The molecule has 1 aliphatic rings. The molecular weight excluding hydrogens is 264 g/mol. The Morgan fingerprint density at radius 3 is 2.89 bits per heavy atom. The summed E-state index contributed by atoms with van der Waals surface area (Å²) in [4.78, 5) is 4.66. The highest BCUT2D eigenvalue weighted by atomic mass is 35.5. The number of rotatable bonds is 2. The van der Waals surface area contributed by atoms with Gasteiger partial charge in [0.2, 0.25) is 0 Å². The number of aryl methyl sites for hydroxylation is 2. The van der Waals surface area contributed by atoms with Gasteiger partial charge in [-0.2, -0.15) is 5.10 Å². The Hall–Kier alpha value is -1.07. The number of aromatic nitrogens is 4. The summed E-state index contributed by atoms with van der Waals surface area (Å²) < 4.78 is 9.81. The molecule has 0 aliphatic carbocycles. The Labute approximate surface area is 117 Å². The number of hydrogen-bond acceptors (Lipinski definition) is 3. The molecule has 2 aromatic heterocycles. The highest BCUT2D eigenvalue weighted by Gasteiger charge is 2.34. The average Bonchev–Trinajstić information content (AvgIpc) is 2.90. The molecule has 1 fully saturated rings. The summed E-state index contributed by atoms with van der Waals surface area (Å²) in [6.45, 7) is 5.74. The number of nitrogens with zero attached hydrogens (tertiary/aromatic N) is 4. The van der Waals surface area contributed by atoms with E-state index in [2.05, 4.69) is 21.6 Å². The summed E-state index contributed by atoms with van der Waals surface area (Å²) in [6, 6.07) is 0. The fraction of sp³-hybridized carbons (Fsp3) is 0.692. The standard InChI is InChI=1S/C13H19ClN4O/c1-9-11-12(17(3)16-9)18(10(7-14)15-11)13(2)5-4-6-19-8-13/h4-8H2,1-3H3. The van der Waals surface area contributed by atoms with Crippen LogP contribution in [0.2, 0.25) is 0 Å². The second kappa shape index (κ2) is 4.49. The first-order chi connectivity index (χ1) is 9.07. The van der Waals surface area contributed by atoms with Gasteiger partial charge < -0.3 is 9.30 Å². The minimum Gasteiger partial charge on any atom is -0.379 e. The molecule has 19 heavy (non-hydrogen) atoms. The molecule has 1 saturated heterocycles. The van der Waals surface area contributed by atoms with E-state index in [4.69, 9.17) is 16.3 Å². The van der Waals surface area contributed by atoms with Crippen LogP contribution in [0.25, 0.3) is 11.2 Å². The Balaban J connectivity index is 2.25. The zero-order valence-corrected chi connectivity index (χ0v) is 12.4.